The van der Waals surface area contributed by atoms with Gasteiger partial charge in [0.15, 0.2) is 5.82 Å². The zero-order valence-electron chi connectivity index (χ0n) is 11.3. The average molecular weight is 282 g/mol. The number of rotatable bonds is 1. The van der Waals surface area contributed by atoms with Crippen molar-refractivity contribution in [1.82, 2.24) is 24.6 Å². The van der Waals surface area contributed by atoms with E-state index in [4.69, 9.17) is 5.73 Å². The van der Waals surface area contributed by atoms with Crippen LogP contribution in [0.1, 0.15) is 16.3 Å². The molecule has 0 fully saturated rings. The highest BCUT2D eigenvalue weighted by molar-refractivity contribution is 5.98. The Hall–Kier alpha value is -2.83. The number of anilines is 1. The summed E-state index contributed by atoms with van der Waals surface area (Å²) in [6, 6.07) is 7.40. The fourth-order valence-corrected chi connectivity index (χ4v) is 2.68. The molecule has 3 heterocycles. The van der Waals surface area contributed by atoms with Gasteiger partial charge in [0.1, 0.15) is 12.0 Å². The Morgan fingerprint density at radius 3 is 3.10 bits per heavy atom. The summed E-state index contributed by atoms with van der Waals surface area (Å²) in [7, 11) is 0. The van der Waals surface area contributed by atoms with Crippen molar-refractivity contribution in [2.45, 2.75) is 13.1 Å². The monoisotopic (exact) mass is 282 g/mol. The summed E-state index contributed by atoms with van der Waals surface area (Å²) in [6.07, 6.45) is 1.70. The molecule has 0 aliphatic carbocycles. The van der Waals surface area contributed by atoms with Crippen LogP contribution >= 0.6 is 0 Å². The van der Waals surface area contributed by atoms with Crippen molar-refractivity contribution >= 4 is 22.5 Å². The molecule has 3 aromatic rings. The zero-order valence-corrected chi connectivity index (χ0v) is 11.3. The average Bonchev–Trinajstić information content (AvgIpc) is 3.11. The summed E-state index contributed by atoms with van der Waals surface area (Å²) in [5, 5.41) is 8.84. The number of hydrogen-bond donors (Lipinski definition) is 2. The molecule has 0 saturated heterocycles. The maximum absolute atomic E-state index is 12.6. The number of carbonyl (C=O) groups is 1. The highest BCUT2D eigenvalue weighted by Crippen LogP contribution is 2.20. The molecule has 0 atom stereocenters. The quantitative estimate of drug-likeness (QED) is 0.651. The van der Waals surface area contributed by atoms with E-state index in [2.05, 4.69) is 15.2 Å². The summed E-state index contributed by atoms with van der Waals surface area (Å²) in [5.74, 6) is 0.786. The Kier molecular flexibility index (Phi) is 2.47. The predicted molar refractivity (Wildman–Crippen MR) is 77.5 cm³/mol. The maximum Gasteiger partial charge on any atom is 0.270 e. The van der Waals surface area contributed by atoms with E-state index in [1.807, 2.05) is 28.8 Å². The number of nitrogen functional groups attached to an aromatic ring is 1. The minimum atomic E-state index is -0.0287. The Bertz CT molecular complexity index is 833. The molecule has 1 aliphatic heterocycles. The molecule has 4 rings (SSSR count). The van der Waals surface area contributed by atoms with E-state index in [-0.39, 0.29) is 5.91 Å². The first-order chi connectivity index (χ1) is 10.2. The lowest BCUT2D eigenvalue weighted by Crippen LogP contribution is -2.38. The van der Waals surface area contributed by atoms with E-state index in [1.54, 1.807) is 11.2 Å². The molecule has 0 bridgehead atoms. The van der Waals surface area contributed by atoms with Crippen LogP contribution in [0.2, 0.25) is 0 Å². The third-order valence-corrected chi connectivity index (χ3v) is 3.80. The predicted octanol–water partition coefficient (Wildman–Crippen LogP) is 0.998. The lowest BCUT2D eigenvalue weighted by molar-refractivity contribution is 0.0702. The second-order valence-corrected chi connectivity index (χ2v) is 5.20. The molecular weight excluding hydrogens is 268 g/mol. The lowest BCUT2D eigenvalue weighted by Gasteiger charge is -2.26. The largest absolute Gasteiger partial charge is 0.399 e. The molecule has 0 saturated carbocycles. The number of benzene rings is 1. The van der Waals surface area contributed by atoms with Crippen LogP contribution in [-0.4, -0.2) is 37.1 Å². The second-order valence-electron chi connectivity index (χ2n) is 5.20. The first kappa shape index (κ1) is 12.0. The number of H-pyrrole nitrogens is 1. The first-order valence-corrected chi connectivity index (χ1v) is 6.75. The summed E-state index contributed by atoms with van der Waals surface area (Å²) >= 11 is 0. The fourth-order valence-electron chi connectivity index (χ4n) is 2.68. The summed E-state index contributed by atoms with van der Waals surface area (Å²) in [5.41, 5.74) is 7.94. The van der Waals surface area contributed by atoms with Crippen LogP contribution in [0.4, 0.5) is 5.69 Å². The topological polar surface area (TPSA) is 92.8 Å². The Labute approximate surface area is 120 Å². The van der Waals surface area contributed by atoms with Crippen LogP contribution in [0.15, 0.2) is 30.6 Å². The van der Waals surface area contributed by atoms with Gasteiger partial charge in [0.2, 0.25) is 0 Å². The molecule has 3 N–H and O–H groups in total. The normalized spacial score (nSPS) is 14.4. The number of aromatic nitrogens is 4. The highest BCUT2D eigenvalue weighted by Gasteiger charge is 2.23. The third kappa shape index (κ3) is 1.94. The molecular formula is C14H14N6O. The molecule has 0 spiro atoms. The van der Waals surface area contributed by atoms with E-state index in [9.17, 15) is 4.79 Å². The van der Waals surface area contributed by atoms with Crippen LogP contribution in [0.25, 0.3) is 10.9 Å². The number of fused-ring (bicyclic) bond motifs is 2. The van der Waals surface area contributed by atoms with Gasteiger partial charge in [-0.2, -0.15) is 0 Å². The minimum Gasteiger partial charge on any atom is -0.399 e. The number of carbonyl (C=O) groups excluding carboxylic acids is 1. The van der Waals surface area contributed by atoms with Gasteiger partial charge in [0, 0.05) is 29.7 Å². The van der Waals surface area contributed by atoms with Gasteiger partial charge >= 0.3 is 0 Å². The molecule has 1 aromatic carbocycles. The van der Waals surface area contributed by atoms with Gasteiger partial charge < -0.3 is 20.2 Å². The van der Waals surface area contributed by atoms with Crippen LogP contribution in [0.5, 0.6) is 0 Å². The van der Waals surface area contributed by atoms with Gasteiger partial charge in [-0.25, -0.2) is 0 Å². The second kappa shape index (κ2) is 4.34. The minimum absolute atomic E-state index is 0.0287. The van der Waals surface area contributed by atoms with Gasteiger partial charge in [-0.15, -0.1) is 10.2 Å². The van der Waals surface area contributed by atoms with E-state index in [0.29, 0.717) is 24.5 Å². The molecule has 21 heavy (non-hydrogen) atoms. The molecule has 7 heteroatoms. The Morgan fingerprint density at radius 2 is 2.19 bits per heavy atom. The zero-order chi connectivity index (χ0) is 14.4. The van der Waals surface area contributed by atoms with Crippen molar-refractivity contribution < 1.29 is 4.79 Å². The van der Waals surface area contributed by atoms with Crippen LogP contribution in [-0.2, 0) is 13.1 Å². The number of hydrogen-bond acceptors (Lipinski definition) is 4. The maximum atomic E-state index is 12.6. The van der Waals surface area contributed by atoms with Crippen molar-refractivity contribution in [2.75, 3.05) is 12.3 Å². The van der Waals surface area contributed by atoms with Crippen molar-refractivity contribution in [3.05, 3.63) is 42.1 Å². The van der Waals surface area contributed by atoms with Crippen LogP contribution in [0.3, 0.4) is 0 Å². The standard InChI is InChI=1S/C14H14N6O/c15-10-1-2-11-9(5-10)6-12(17-11)14(21)19-3-4-20-8-16-18-13(20)7-19/h1-2,5-6,8,17H,3-4,7,15H2. The molecule has 2 aromatic heterocycles. The van der Waals surface area contributed by atoms with E-state index >= 15 is 0 Å². The van der Waals surface area contributed by atoms with Crippen molar-refractivity contribution in [3.8, 4) is 0 Å². The molecule has 0 unspecified atom stereocenters. The summed E-state index contributed by atoms with van der Waals surface area (Å²) in [6.45, 7) is 1.86. The van der Waals surface area contributed by atoms with E-state index < -0.39 is 0 Å². The SMILES string of the molecule is Nc1ccc2[nH]c(C(=O)N3CCn4cnnc4C3)cc2c1. The summed E-state index contributed by atoms with van der Waals surface area (Å²) in [4.78, 5) is 17.5. The van der Waals surface area contributed by atoms with E-state index in [1.165, 1.54) is 0 Å². The van der Waals surface area contributed by atoms with Crippen LogP contribution < -0.4 is 5.73 Å². The number of nitrogens with two attached hydrogens (primary N) is 1. The van der Waals surface area contributed by atoms with Crippen molar-refractivity contribution in [3.63, 3.8) is 0 Å². The lowest BCUT2D eigenvalue weighted by atomic mass is 10.2. The number of nitrogens with one attached hydrogen (secondary N) is 1. The molecule has 1 amide bonds. The third-order valence-electron chi connectivity index (χ3n) is 3.80. The van der Waals surface area contributed by atoms with Crippen LogP contribution in [0, 0.1) is 0 Å². The Morgan fingerprint density at radius 1 is 1.29 bits per heavy atom. The fraction of sp³-hybridized carbons (Fsp3) is 0.214. The number of nitrogens with zero attached hydrogens (tertiary/aromatic N) is 4. The van der Waals surface area contributed by atoms with Gasteiger partial charge in [0.25, 0.3) is 5.91 Å². The first-order valence-electron chi connectivity index (χ1n) is 6.75. The number of amides is 1. The molecule has 1 aliphatic rings. The highest BCUT2D eigenvalue weighted by atomic mass is 16.2. The molecule has 0 radical (unpaired) electrons. The van der Waals surface area contributed by atoms with Gasteiger partial charge in [-0.3, -0.25) is 4.79 Å². The van der Waals surface area contributed by atoms with Gasteiger partial charge in [-0.05, 0) is 24.3 Å². The van der Waals surface area contributed by atoms with E-state index in [0.717, 1.165) is 23.3 Å². The van der Waals surface area contributed by atoms with Gasteiger partial charge in [0.05, 0.1) is 6.54 Å². The molecule has 106 valence electrons. The van der Waals surface area contributed by atoms with Gasteiger partial charge in [-0.1, -0.05) is 0 Å². The van der Waals surface area contributed by atoms with Crippen molar-refractivity contribution in [2.24, 2.45) is 0 Å². The van der Waals surface area contributed by atoms with Crippen molar-refractivity contribution in [1.29, 1.82) is 0 Å². The Balaban J connectivity index is 1.64. The number of aromatic amines is 1. The molecule has 7 nitrogen and oxygen atoms in total. The summed E-state index contributed by atoms with van der Waals surface area (Å²) < 4.78 is 1.97. The smallest absolute Gasteiger partial charge is 0.270 e.